The molecule has 1 atom stereocenters. The van der Waals surface area contributed by atoms with Crippen LogP contribution in [-0.2, 0) is 0 Å². The highest BCUT2D eigenvalue weighted by molar-refractivity contribution is 14.1. The molecule has 1 heterocycles. The summed E-state index contributed by atoms with van der Waals surface area (Å²) in [5, 5.41) is 3.39. The minimum absolute atomic E-state index is 0.689. The Kier molecular flexibility index (Phi) is 3.28. The molecule has 1 aromatic rings. The molecule has 0 bridgehead atoms. The smallest absolute Gasteiger partial charge is 0.132 e. The maximum atomic E-state index is 5.24. The molecule has 0 radical (unpaired) electrons. The van der Waals surface area contributed by atoms with E-state index in [2.05, 4.69) is 46.1 Å². The van der Waals surface area contributed by atoms with Gasteiger partial charge in [0, 0.05) is 6.54 Å². The van der Waals surface area contributed by atoms with Crippen molar-refractivity contribution in [2.24, 2.45) is 0 Å². The van der Waals surface area contributed by atoms with Gasteiger partial charge in [-0.15, -0.1) is 0 Å². The van der Waals surface area contributed by atoms with Crippen molar-refractivity contribution in [3.05, 3.63) is 27.3 Å². The first-order valence-corrected chi connectivity index (χ1v) is 5.93. The number of halogens is 1. The molecule has 2 rings (SSSR count). The van der Waals surface area contributed by atoms with Gasteiger partial charge < -0.3 is 10.1 Å². The van der Waals surface area contributed by atoms with Crippen LogP contribution < -0.4 is 10.1 Å². The molecule has 1 aromatic carbocycles. The van der Waals surface area contributed by atoms with Crippen molar-refractivity contribution < 1.29 is 4.74 Å². The summed E-state index contributed by atoms with van der Waals surface area (Å²) in [6.07, 6.45) is 1.25. The molecule has 1 unspecified atom stereocenters. The number of benzene rings is 1. The highest BCUT2D eigenvalue weighted by Crippen LogP contribution is 2.28. The van der Waals surface area contributed by atoms with E-state index in [1.165, 1.54) is 15.6 Å². The Balaban J connectivity index is 2.23. The maximum absolute atomic E-state index is 5.24. The number of hydrogen-bond acceptors (Lipinski definition) is 2. The Morgan fingerprint density at radius 3 is 2.93 bits per heavy atom. The fraction of sp³-hybridized carbons (Fsp3) is 0.455. The molecule has 1 saturated heterocycles. The van der Waals surface area contributed by atoms with Crippen molar-refractivity contribution in [2.45, 2.75) is 12.3 Å². The second-order valence-corrected chi connectivity index (χ2v) is 4.75. The molecular weight excluding hydrogens is 289 g/mol. The normalized spacial score (nSPS) is 21.1. The first-order chi connectivity index (χ1) is 6.81. The van der Waals surface area contributed by atoms with Crippen molar-refractivity contribution in [1.82, 2.24) is 5.32 Å². The molecule has 3 heteroatoms. The number of methoxy groups -OCH3 is 1. The number of nitrogens with one attached hydrogen (secondary N) is 1. The SMILES string of the molecule is COc1ccc(C2CCNC2)cc1I. The van der Waals surface area contributed by atoms with E-state index >= 15 is 0 Å². The van der Waals surface area contributed by atoms with Crippen LogP contribution in [0.3, 0.4) is 0 Å². The Morgan fingerprint density at radius 1 is 1.50 bits per heavy atom. The molecule has 2 nitrogen and oxygen atoms in total. The summed E-state index contributed by atoms with van der Waals surface area (Å²) in [4.78, 5) is 0. The van der Waals surface area contributed by atoms with E-state index in [9.17, 15) is 0 Å². The standard InChI is InChI=1S/C11H14INO/c1-14-11-3-2-8(6-10(11)12)9-4-5-13-7-9/h2-3,6,9,13H,4-5,7H2,1H3. The Bertz CT molecular complexity index is 321. The van der Waals surface area contributed by atoms with Crippen molar-refractivity contribution >= 4 is 22.6 Å². The summed E-state index contributed by atoms with van der Waals surface area (Å²) >= 11 is 2.33. The van der Waals surface area contributed by atoms with Crippen LogP contribution in [0.25, 0.3) is 0 Å². The highest BCUT2D eigenvalue weighted by Gasteiger charge is 2.17. The molecule has 0 aromatic heterocycles. The van der Waals surface area contributed by atoms with Crippen molar-refractivity contribution in [3.63, 3.8) is 0 Å². The van der Waals surface area contributed by atoms with Gasteiger partial charge in [0.25, 0.3) is 0 Å². The zero-order chi connectivity index (χ0) is 9.97. The van der Waals surface area contributed by atoms with Gasteiger partial charge >= 0.3 is 0 Å². The van der Waals surface area contributed by atoms with E-state index < -0.39 is 0 Å². The molecule has 14 heavy (non-hydrogen) atoms. The number of hydrogen-bond donors (Lipinski definition) is 1. The van der Waals surface area contributed by atoms with Crippen LogP contribution in [0.5, 0.6) is 5.75 Å². The van der Waals surface area contributed by atoms with Gasteiger partial charge in [0.15, 0.2) is 0 Å². The number of ether oxygens (including phenoxy) is 1. The summed E-state index contributed by atoms with van der Waals surface area (Å²) in [7, 11) is 1.72. The van der Waals surface area contributed by atoms with Crippen LogP contribution in [-0.4, -0.2) is 20.2 Å². The van der Waals surface area contributed by atoms with Crippen LogP contribution in [0.4, 0.5) is 0 Å². The molecule has 0 aliphatic carbocycles. The largest absolute Gasteiger partial charge is 0.496 e. The van der Waals surface area contributed by atoms with Gasteiger partial charge in [-0.25, -0.2) is 0 Å². The Labute approximate surface area is 98.2 Å². The third-order valence-electron chi connectivity index (χ3n) is 2.71. The molecule has 0 amide bonds. The predicted octanol–water partition coefficient (Wildman–Crippen LogP) is 2.38. The molecule has 1 N–H and O–H groups in total. The first-order valence-electron chi connectivity index (χ1n) is 4.85. The zero-order valence-corrected chi connectivity index (χ0v) is 10.4. The van der Waals surface area contributed by atoms with Crippen molar-refractivity contribution in [1.29, 1.82) is 0 Å². The van der Waals surface area contributed by atoms with Gasteiger partial charge in [0.05, 0.1) is 10.7 Å². The van der Waals surface area contributed by atoms with Gasteiger partial charge in [-0.3, -0.25) is 0 Å². The Morgan fingerprint density at radius 2 is 2.36 bits per heavy atom. The van der Waals surface area contributed by atoms with Gasteiger partial charge in [-0.1, -0.05) is 6.07 Å². The predicted molar refractivity (Wildman–Crippen MR) is 65.9 cm³/mol. The van der Waals surface area contributed by atoms with Gasteiger partial charge in [0.1, 0.15) is 5.75 Å². The minimum atomic E-state index is 0.689. The molecule has 1 aliphatic rings. The fourth-order valence-corrected chi connectivity index (χ4v) is 2.64. The van der Waals surface area contributed by atoms with Crippen molar-refractivity contribution in [2.75, 3.05) is 20.2 Å². The minimum Gasteiger partial charge on any atom is -0.496 e. The third-order valence-corrected chi connectivity index (χ3v) is 3.55. The van der Waals surface area contributed by atoms with Crippen LogP contribution in [0, 0.1) is 3.57 Å². The summed E-state index contributed by atoms with van der Waals surface area (Å²) in [6.45, 7) is 2.26. The zero-order valence-electron chi connectivity index (χ0n) is 8.22. The van der Waals surface area contributed by atoms with E-state index in [4.69, 9.17) is 4.74 Å². The van der Waals surface area contributed by atoms with Crippen molar-refractivity contribution in [3.8, 4) is 5.75 Å². The molecule has 0 saturated carbocycles. The summed E-state index contributed by atoms with van der Waals surface area (Å²) < 4.78 is 6.44. The molecule has 1 fully saturated rings. The van der Waals surface area contributed by atoms with Crippen LogP contribution in [0.2, 0.25) is 0 Å². The summed E-state index contributed by atoms with van der Waals surface area (Å²) in [6, 6.07) is 6.48. The summed E-state index contributed by atoms with van der Waals surface area (Å²) in [5.41, 5.74) is 1.43. The summed E-state index contributed by atoms with van der Waals surface area (Å²) in [5.74, 6) is 1.66. The highest BCUT2D eigenvalue weighted by atomic mass is 127. The first kappa shape index (κ1) is 10.2. The van der Waals surface area contributed by atoms with Gasteiger partial charge in [-0.2, -0.15) is 0 Å². The van der Waals surface area contributed by atoms with Gasteiger partial charge in [-0.05, 0) is 59.2 Å². The Hall–Kier alpha value is -0.290. The lowest BCUT2D eigenvalue weighted by atomic mass is 9.98. The maximum Gasteiger partial charge on any atom is 0.132 e. The molecule has 76 valence electrons. The van der Waals surface area contributed by atoms with E-state index in [0.717, 1.165) is 18.8 Å². The van der Waals surface area contributed by atoms with E-state index in [0.29, 0.717) is 5.92 Å². The molecular formula is C11H14INO. The van der Waals surface area contributed by atoms with Crippen LogP contribution in [0.1, 0.15) is 17.9 Å². The third kappa shape index (κ3) is 2.03. The lowest BCUT2D eigenvalue weighted by molar-refractivity contribution is 0.411. The van der Waals surface area contributed by atoms with E-state index in [1.54, 1.807) is 7.11 Å². The second-order valence-electron chi connectivity index (χ2n) is 3.58. The fourth-order valence-electron chi connectivity index (χ4n) is 1.88. The van der Waals surface area contributed by atoms with E-state index in [-0.39, 0.29) is 0 Å². The lowest BCUT2D eigenvalue weighted by Gasteiger charge is -2.11. The quantitative estimate of drug-likeness (QED) is 0.847. The monoisotopic (exact) mass is 303 g/mol. The van der Waals surface area contributed by atoms with Crippen LogP contribution in [0.15, 0.2) is 18.2 Å². The van der Waals surface area contributed by atoms with Crippen LogP contribution >= 0.6 is 22.6 Å². The topological polar surface area (TPSA) is 21.3 Å². The average molecular weight is 303 g/mol. The number of rotatable bonds is 2. The molecule has 1 aliphatic heterocycles. The molecule has 0 spiro atoms. The second kappa shape index (κ2) is 4.49. The average Bonchev–Trinajstić information content (AvgIpc) is 2.70. The van der Waals surface area contributed by atoms with Gasteiger partial charge in [0.2, 0.25) is 0 Å². The lowest BCUT2D eigenvalue weighted by Crippen LogP contribution is -2.08. The van der Waals surface area contributed by atoms with E-state index in [1.807, 2.05) is 0 Å².